The number of furan rings is 1. The Labute approximate surface area is 121 Å². The minimum atomic E-state index is -0.103. The highest BCUT2D eigenvalue weighted by Gasteiger charge is 2.22. The van der Waals surface area contributed by atoms with Gasteiger partial charge >= 0.3 is 0 Å². The maximum Gasteiger partial charge on any atom is 0.227 e. The highest BCUT2D eigenvalue weighted by Crippen LogP contribution is 2.13. The summed E-state index contributed by atoms with van der Waals surface area (Å²) in [5.74, 6) is 1.70. The summed E-state index contributed by atoms with van der Waals surface area (Å²) >= 11 is 0. The maximum absolute atomic E-state index is 12.5. The van der Waals surface area contributed by atoms with Crippen molar-refractivity contribution >= 4 is 5.91 Å². The molecule has 0 bridgehead atoms. The molecule has 1 rings (SSSR count). The van der Waals surface area contributed by atoms with E-state index in [-0.39, 0.29) is 11.8 Å². The molecule has 0 aromatic carbocycles. The number of rotatable bonds is 8. The average Bonchev–Trinajstić information content (AvgIpc) is 2.81. The van der Waals surface area contributed by atoms with Crippen LogP contribution in [0.2, 0.25) is 0 Å². The molecule has 0 saturated carbocycles. The van der Waals surface area contributed by atoms with Crippen LogP contribution in [-0.4, -0.2) is 49.4 Å². The number of likely N-dealkylation sites (N-methyl/N-ethyl adjacent to an activating group) is 1. The molecule has 5 nitrogen and oxygen atoms in total. The van der Waals surface area contributed by atoms with Gasteiger partial charge in [0.2, 0.25) is 5.91 Å². The maximum atomic E-state index is 12.5. The summed E-state index contributed by atoms with van der Waals surface area (Å²) in [7, 11) is 4.00. The van der Waals surface area contributed by atoms with E-state index in [9.17, 15) is 4.79 Å². The summed E-state index contributed by atoms with van der Waals surface area (Å²) in [6.07, 6.45) is 0.769. The van der Waals surface area contributed by atoms with Gasteiger partial charge < -0.3 is 20.0 Å². The first-order chi connectivity index (χ1) is 9.47. The number of carbonyl (C=O) groups excluding carboxylic acids is 1. The molecule has 114 valence electrons. The molecule has 1 atom stereocenters. The van der Waals surface area contributed by atoms with Crippen molar-refractivity contribution in [1.29, 1.82) is 0 Å². The Hall–Kier alpha value is -1.33. The molecule has 0 spiro atoms. The molecular formula is C15H27N3O2. The minimum absolute atomic E-state index is 0.103. The molecule has 5 heteroatoms. The third-order valence-corrected chi connectivity index (χ3v) is 3.40. The van der Waals surface area contributed by atoms with Crippen molar-refractivity contribution in [3.8, 4) is 0 Å². The van der Waals surface area contributed by atoms with E-state index in [1.165, 1.54) is 0 Å². The lowest BCUT2D eigenvalue weighted by atomic mass is 10.1. The first-order valence-electron chi connectivity index (χ1n) is 7.16. The van der Waals surface area contributed by atoms with Crippen molar-refractivity contribution in [1.82, 2.24) is 9.80 Å². The molecule has 0 aliphatic carbocycles. The van der Waals surface area contributed by atoms with Crippen LogP contribution < -0.4 is 5.73 Å². The van der Waals surface area contributed by atoms with Crippen LogP contribution in [-0.2, 0) is 11.3 Å². The summed E-state index contributed by atoms with van der Waals surface area (Å²) in [6.45, 7) is 6.32. The van der Waals surface area contributed by atoms with E-state index in [0.717, 1.165) is 24.5 Å². The van der Waals surface area contributed by atoms with Crippen molar-refractivity contribution < 1.29 is 9.21 Å². The molecule has 0 aliphatic heterocycles. The second-order valence-corrected chi connectivity index (χ2v) is 5.42. The van der Waals surface area contributed by atoms with Gasteiger partial charge in [-0.2, -0.15) is 0 Å². The zero-order valence-electron chi connectivity index (χ0n) is 13.1. The van der Waals surface area contributed by atoms with E-state index in [1.54, 1.807) is 0 Å². The van der Waals surface area contributed by atoms with Crippen LogP contribution in [0.5, 0.6) is 0 Å². The Kier molecular flexibility index (Phi) is 6.75. The average molecular weight is 281 g/mol. The molecule has 20 heavy (non-hydrogen) atoms. The zero-order valence-corrected chi connectivity index (χ0v) is 13.1. The monoisotopic (exact) mass is 281 g/mol. The van der Waals surface area contributed by atoms with Crippen molar-refractivity contribution in [2.24, 2.45) is 11.7 Å². The predicted octanol–water partition coefficient (Wildman–Crippen LogP) is 1.46. The molecule has 0 fully saturated rings. The van der Waals surface area contributed by atoms with Gasteiger partial charge in [0.15, 0.2) is 0 Å². The number of aryl methyl sites for hydroxylation is 1. The summed E-state index contributed by atoms with van der Waals surface area (Å²) in [4.78, 5) is 16.4. The second-order valence-electron chi connectivity index (χ2n) is 5.42. The number of hydrogen-bond acceptors (Lipinski definition) is 4. The van der Waals surface area contributed by atoms with Crippen LogP contribution in [0.15, 0.2) is 16.5 Å². The van der Waals surface area contributed by atoms with Gasteiger partial charge in [-0.3, -0.25) is 4.79 Å². The van der Waals surface area contributed by atoms with Gasteiger partial charge in [-0.05, 0) is 39.6 Å². The SMILES string of the molecule is CCC(CN)C(=O)N(CCN(C)C)Cc1ccc(C)o1. The van der Waals surface area contributed by atoms with Gasteiger partial charge in [0.25, 0.3) is 0 Å². The molecule has 0 aliphatic rings. The Morgan fingerprint density at radius 1 is 1.35 bits per heavy atom. The van der Waals surface area contributed by atoms with Crippen molar-refractivity contribution in [2.45, 2.75) is 26.8 Å². The van der Waals surface area contributed by atoms with E-state index in [0.29, 0.717) is 19.6 Å². The normalized spacial score (nSPS) is 12.7. The fourth-order valence-electron chi connectivity index (χ4n) is 2.05. The van der Waals surface area contributed by atoms with E-state index < -0.39 is 0 Å². The summed E-state index contributed by atoms with van der Waals surface area (Å²) in [5.41, 5.74) is 5.69. The largest absolute Gasteiger partial charge is 0.464 e. The van der Waals surface area contributed by atoms with Crippen LogP contribution in [0.1, 0.15) is 24.9 Å². The van der Waals surface area contributed by atoms with Gasteiger partial charge in [-0.25, -0.2) is 0 Å². The first kappa shape index (κ1) is 16.7. The van der Waals surface area contributed by atoms with Crippen LogP contribution in [0, 0.1) is 12.8 Å². The van der Waals surface area contributed by atoms with E-state index >= 15 is 0 Å². The Morgan fingerprint density at radius 3 is 2.50 bits per heavy atom. The Balaban J connectivity index is 2.75. The van der Waals surface area contributed by atoms with Crippen LogP contribution in [0.4, 0.5) is 0 Å². The van der Waals surface area contributed by atoms with Crippen molar-refractivity contribution in [3.05, 3.63) is 23.7 Å². The molecule has 1 aromatic heterocycles. The van der Waals surface area contributed by atoms with E-state index in [1.807, 2.05) is 45.0 Å². The summed E-state index contributed by atoms with van der Waals surface area (Å²) in [5, 5.41) is 0. The molecule has 2 N–H and O–H groups in total. The summed E-state index contributed by atoms with van der Waals surface area (Å²) < 4.78 is 5.58. The number of nitrogens with two attached hydrogens (primary N) is 1. The third kappa shape index (κ3) is 4.98. The van der Waals surface area contributed by atoms with Gasteiger partial charge in [0.1, 0.15) is 11.5 Å². The number of hydrogen-bond donors (Lipinski definition) is 1. The van der Waals surface area contributed by atoms with Gasteiger partial charge in [-0.1, -0.05) is 6.92 Å². The lowest BCUT2D eigenvalue weighted by molar-refractivity contribution is -0.136. The lowest BCUT2D eigenvalue weighted by Gasteiger charge is -2.27. The number of nitrogens with zero attached hydrogens (tertiary/aromatic N) is 2. The fraction of sp³-hybridized carbons (Fsp3) is 0.667. The van der Waals surface area contributed by atoms with Gasteiger partial charge in [0.05, 0.1) is 12.5 Å². The quantitative estimate of drug-likeness (QED) is 0.783. The first-order valence-corrected chi connectivity index (χ1v) is 7.16. The van der Waals surface area contributed by atoms with Crippen LogP contribution in [0.25, 0.3) is 0 Å². The summed E-state index contributed by atoms with van der Waals surface area (Å²) in [6, 6.07) is 3.85. The van der Waals surface area contributed by atoms with Gasteiger partial charge in [0, 0.05) is 19.6 Å². The van der Waals surface area contributed by atoms with Crippen molar-refractivity contribution in [2.75, 3.05) is 33.7 Å². The lowest BCUT2D eigenvalue weighted by Crippen LogP contribution is -2.41. The Morgan fingerprint density at radius 2 is 2.05 bits per heavy atom. The zero-order chi connectivity index (χ0) is 15.1. The highest BCUT2D eigenvalue weighted by atomic mass is 16.3. The Bertz CT molecular complexity index is 411. The molecule has 1 aromatic rings. The molecular weight excluding hydrogens is 254 g/mol. The standard InChI is InChI=1S/C15H27N3O2/c1-5-13(10-16)15(19)18(9-8-17(3)4)11-14-7-6-12(2)20-14/h6-7,13H,5,8-11,16H2,1-4H3. The smallest absolute Gasteiger partial charge is 0.227 e. The fourth-order valence-corrected chi connectivity index (χ4v) is 2.05. The third-order valence-electron chi connectivity index (χ3n) is 3.40. The molecule has 1 unspecified atom stereocenters. The van der Waals surface area contributed by atoms with Gasteiger partial charge in [-0.15, -0.1) is 0 Å². The number of amides is 1. The molecule has 0 saturated heterocycles. The van der Waals surface area contributed by atoms with E-state index in [2.05, 4.69) is 4.90 Å². The molecule has 0 radical (unpaired) electrons. The minimum Gasteiger partial charge on any atom is -0.464 e. The van der Waals surface area contributed by atoms with Crippen molar-refractivity contribution in [3.63, 3.8) is 0 Å². The molecule has 1 heterocycles. The molecule has 1 amide bonds. The highest BCUT2D eigenvalue weighted by molar-refractivity contribution is 5.79. The van der Waals surface area contributed by atoms with E-state index in [4.69, 9.17) is 10.2 Å². The van der Waals surface area contributed by atoms with Crippen LogP contribution >= 0.6 is 0 Å². The van der Waals surface area contributed by atoms with Crippen LogP contribution in [0.3, 0.4) is 0 Å². The number of carbonyl (C=O) groups is 1. The second kappa shape index (κ2) is 8.07. The topological polar surface area (TPSA) is 62.7 Å². The predicted molar refractivity (Wildman–Crippen MR) is 80.3 cm³/mol.